The van der Waals surface area contributed by atoms with Crippen molar-refractivity contribution >= 4 is 5.91 Å². The topological polar surface area (TPSA) is 56.0 Å². The molecule has 3 aromatic rings. The normalized spacial score (nSPS) is 13.8. The number of benzene rings is 1. The summed E-state index contributed by atoms with van der Waals surface area (Å²) < 4.78 is 3.84. The molecule has 3 heterocycles. The number of amides is 1. The minimum atomic E-state index is 0.0512. The van der Waals surface area contributed by atoms with E-state index in [4.69, 9.17) is 0 Å². The molecular weight excluding hydrogens is 314 g/mol. The molecule has 0 N–H and O–H groups in total. The first-order valence-electron chi connectivity index (χ1n) is 8.62. The van der Waals surface area contributed by atoms with Crippen molar-refractivity contribution in [2.24, 2.45) is 0 Å². The highest BCUT2D eigenvalue weighted by Gasteiger charge is 2.27. The molecule has 1 aliphatic rings. The Morgan fingerprint density at radius 3 is 2.68 bits per heavy atom. The Bertz CT molecular complexity index is 909. The molecule has 0 atom stereocenters. The number of carbonyl (C=O) groups is 1. The molecule has 1 aromatic carbocycles. The fourth-order valence-corrected chi connectivity index (χ4v) is 3.44. The van der Waals surface area contributed by atoms with Gasteiger partial charge in [-0.2, -0.15) is 10.2 Å². The van der Waals surface area contributed by atoms with Gasteiger partial charge in [0.15, 0.2) is 0 Å². The maximum Gasteiger partial charge on any atom is 0.257 e. The zero-order chi connectivity index (χ0) is 17.4. The lowest BCUT2D eigenvalue weighted by Crippen LogP contribution is -2.36. The van der Waals surface area contributed by atoms with Gasteiger partial charge >= 0.3 is 0 Å². The van der Waals surface area contributed by atoms with Gasteiger partial charge in [-0.25, -0.2) is 4.68 Å². The average molecular weight is 335 g/mol. The molecule has 0 aliphatic carbocycles. The monoisotopic (exact) mass is 335 g/mol. The van der Waals surface area contributed by atoms with E-state index in [0.29, 0.717) is 18.7 Å². The van der Waals surface area contributed by atoms with Gasteiger partial charge in [-0.1, -0.05) is 18.2 Å². The summed E-state index contributed by atoms with van der Waals surface area (Å²) in [5, 5.41) is 8.82. The Kier molecular flexibility index (Phi) is 3.87. The fraction of sp³-hybridized carbons (Fsp3) is 0.316. The maximum atomic E-state index is 12.9. The summed E-state index contributed by atoms with van der Waals surface area (Å²) in [6.07, 6.45) is 4.37. The lowest BCUT2D eigenvalue weighted by molar-refractivity contribution is 0.0733. The molecule has 1 amide bonds. The first-order valence-corrected chi connectivity index (χ1v) is 8.62. The van der Waals surface area contributed by atoms with E-state index in [1.54, 1.807) is 6.20 Å². The van der Waals surface area contributed by atoms with Gasteiger partial charge in [-0.05, 0) is 26.0 Å². The van der Waals surface area contributed by atoms with Crippen molar-refractivity contribution in [2.75, 3.05) is 6.54 Å². The fourth-order valence-electron chi connectivity index (χ4n) is 3.44. The Hall–Kier alpha value is -2.89. The largest absolute Gasteiger partial charge is 0.334 e. The van der Waals surface area contributed by atoms with Crippen LogP contribution in [0.1, 0.15) is 34.2 Å². The molecule has 0 fully saturated rings. The van der Waals surface area contributed by atoms with Crippen molar-refractivity contribution in [1.82, 2.24) is 24.5 Å². The molecule has 1 aliphatic heterocycles. The second kappa shape index (κ2) is 6.20. The molecular formula is C19H21N5O. The lowest BCUT2D eigenvalue weighted by atomic mass is 10.1. The summed E-state index contributed by atoms with van der Waals surface area (Å²) in [5.74, 6) is 0.0512. The van der Waals surface area contributed by atoms with Crippen LogP contribution in [-0.2, 0) is 19.5 Å². The quantitative estimate of drug-likeness (QED) is 0.739. The highest BCUT2D eigenvalue weighted by atomic mass is 16.2. The van der Waals surface area contributed by atoms with Crippen molar-refractivity contribution < 1.29 is 4.79 Å². The van der Waals surface area contributed by atoms with Gasteiger partial charge in [0.1, 0.15) is 0 Å². The van der Waals surface area contributed by atoms with Gasteiger partial charge in [0.25, 0.3) is 5.91 Å². The van der Waals surface area contributed by atoms with Crippen LogP contribution in [0.5, 0.6) is 0 Å². The van der Waals surface area contributed by atoms with Crippen molar-refractivity contribution in [1.29, 1.82) is 0 Å². The van der Waals surface area contributed by atoms with E-state index in [-0.39, 0.29) is 5.91 Å². The molecule has 0 unspecified atom stereocenters. The van der Waals surface area contributed by atoms with Gasteiger partial charge < -0.3 is 4.90 Å². The minimum absolute atomic E-state index is 0.0512. The molecule has 6 nitrogen and oxygen atoms in total. The van der Waals surface area contributed by atoms with Crippen LogP contribution in [0.2, 0.25) is 0 Å². The Morgan fingerprint density at radius 2 is 1.96 bits per heavy atom. The van der Waals surface area contributed by atoms with Gasteiger partial charge in [0, 0.05) is 37.3 Å². The number of fused-ring (bicyclic) bond motifs is 1. The minimum Gasteiger partial charge on any atom is -0.334 e. The molecule has 4 rings (SSSR count). The number of carbonyl (C=O) groups excluding carboxylic acids is 1. The first-order chi connectivity index (χ1) is 12.2. The van der Waals surface area contributed by atoms with E-state index in [9.17, 15) is 4.79 Å². The lowest BCUT2D eigenvalue weighted by Gasteiger charge is -2.27. The zero-order valence-corrected chi connectivity index (χ0v) is 14.5. The van der Waals surface area contributed by atoms with E-state index >= 15 is 0 Å². The van der Waals surface area contributed by atoms with Crippen LogP contribution in [0.15, 0.2) is 42.7 Å². The molecule has 2 aromatic heterocycles. The van der Waals surface area contributed by atoms with Crippen LogP contribution in [0.3, 0.4) is 0 Å². The summed E-state index contributed by atoms with van der Waals surface area (Å²) in [6.45, 7) is 6.04. The van der Waals surface area contributed by atoms with E-state index in [2.05, 4.69) is 10.2 Å². The van der Waals surface area contributed by atoms with Crippen LogP contribution in [-0.4, -0.2) is 36.9 Å². The second-order valence-corrected chi connectivity index (χ2v) is 6.30. The smallest absolute Gasteiger partial charge is 0.257 e. The Labute approximate surface area is 146 Å². The SMILES string of the molecule is CCn1ncc(C(=O)N2CCc3c(cnn3-c3ccccc3)C2)c1C. The third kappa shape index (κ3) is 2.63. The van der Waals surface area contributed by atoms with Crippen LogP contribution in [0, 0.1) is 6.92 Å². The number of nitrogens with zero attached hydrogens (tertiary/aromatic N) is 5. The first kappa shape index (κ1) is 15.6. The predicted molar refractivity (Wildman–Crippen MR) is 94.6 cm³/mol. The molecule has 0 radical (unpaired) electrons. The van der Waals surface area contributed by atoms with Gasteiger partial charge in [0.05, 0.1) is 29.3 Å². The van der Waals surface area contributed by atoms with Crippen LogP contribution < -0.4 is 0 Å². The molecule has 0 saturated carbocycles. The predicted octanol–water partition coefficient (Wildman–Crippen LogP) is 2.60. The molecule has 128 valence electrons. The molecule has 0 bridgehead atoms. The second-order valence-electron chi connectivity index (χ2n) is 6.30. The van der Waals surface area contributed by atoms with Crippen LogP contribution in [0.25, 0.3) is 5.69 Å². The number of rotatable bonds is 3. The summed E-state index contributed by atoms with van der Waals surface area (Å²) in [6, 6.07) is 10.1. The van der Waals surface area contributed by atoms with Crippen molar-refractivity contribution in [3.63, 3.8) is 0 Å². The number of hydrogen-bond acceptors (Lipinski definition) is 3. The number of aryl methyl sites for hydroxylation is 1. The number of aromatic nitrogens is 4. The van der Waals surface area contributed by atoms with E-state index < -0.39 is 0 Å². The van der Waals surface area contributed by atoms with Crippen LogP contribution >= 0.6 is 0 Å². The standard InChI is InChI=1S/C19H21N5O/c1-3-23-14(2)17(12-20-23)19(25)22-10-9-18-15(13-22)11-21-24(18)16-7-5-4-6-8-16/h4-8,11-12H,3,9-10,13H2,1-2H3. The van der Waals surface area contributed by atoms with E-state index in [0.717, 1.165) is 29.9 Å². The molecule has 6 heteroatoms. The van der Waals surface area contributed by atoms with E-state index in [1.807, 2.05) is 64.6 Å². The summed E-state index contributed by atoms with van der Waals surface area (Å²) in [5.41, 5.74) is 4.99. The van der Waals surface area contributed by atoms with Gasteiger partial charge in [-0.15, -0.1) is 0 Å². The van der Waals surface area contributed by atoms with Crippen molar-refractivity contribution in [2.45, 2.75) is 33.4 Å². The Morgan fingerprint density at radius 1 is 1.16 bits per heavy atom. The number of hydrogen-bond donors (Lipinski definition) is 0. The Balaban J connectivity index is 1.59. The highest BCUT2D eigenvalue weighted by molar-refractivity contribution is 5.95. The highest BCUT2D eigenvalue weighted by Crippen LogP contribution is 2.23. The number of para-hydroxylation sites is 1. The molecule has 0 spiro atoms. The summed E-state index contributed by atoms with van der Waals surface area (Å²) in [4.78, 5) is 14.8. The van der Waals surface area contributed by atoms with Crippen molar-refractivity contribution in [3.05, 3.63) is 65.2 Å². The third-order valence-corrected chi connectivity index (χ3v) is 4.86. The third-order valence-electron chi connectivity index (χ3n) is 4.86. The summed E-state index contributed by atoms with van der Waals surface area (Å²) >= 11 is 0. The van der Waals surface area contributed by atoms with Crippen molar-refractivity contribution in [3.8, 4) is 5.69 Å². The van der Waals surface area contributed by atoms with Gasteiger partial charge in [-0.3, -0.25) is 9.48 Å². The molecule has 0 saturated heterocycles. The van der Waals surface area contributed by atoms with E-state index in [1.165, 1.54) is 5.69 Å². The maximum absolute atomic E-state index is 12.9. The summed E-state index contributed by atoms with van der Waals surface area (Å²) in [7, 11) is 0. The van der Waals surface area contributed by atoms with Gasteiger partial charge in [0.2, 0.25) is 0 Å². The molecule has 25 heavy (non-hydrogen) atoms. The zero-order valence-electron chi connectivity index (χ0n) is 14.5. The van der Waals surface area contributed by atoms with Crippen LogP contribution in [0.4, 0.5) is 0 Å². The average Bonchev–Trinajstić information content (AvgIpc) is 3.24.